The fraction of sp³-hybridized carbons (Fsp3) is 0.417. The molecule has 0 unspecified atom stereocenters. The second-order valence-electron chi connectivity index (χ2n) is 8.58. The highest BCUT2D eigenvalue weighted by Gasteiger charge is 2.66. The molecule has 2 heterocycles. The number of carbonyl (C=O) groups excluding carboxylic acids is 1. The zero-order valence-electron chi connectivity index (χ0n) is 17.6. The molecule has 8 heteroatoms. The monoisotopic (exact) mass is 443 g/mol. The number of nitrogens with zero attached hydrogens (tertiary/aromatic N) is 3. The van der Waals surface area contributed by atoms with E-state index in [1.165, 1.54) is 6.92 Å². The highest BCUT2D eigenvalue weighted by Crippen LogP contribution is 2.54. The van der Waals surface area contributed by atoms with Crippen LogP contribution in [0.25, 0.3) is 11.1 Å². The van der Waals surface area contributed by atoms with Crippen molar-refractivity contribution in [3.05, 3.63) is 59.7 Å². The van der Waals surface area contributed by atoms with Gasteiger partial charge in [-0.15, -0.1) is 0 Å². The standard InChI is InChI=1S/C24H24F3N3O2/c1-16(32)29-14-23(15-29)22(21(13-31)30(23)10-9-24(25,26)27)19-7-5-18(6-8-19)20-4-2-3-17(11-20)12-28/h2-8,11,21-22,31H,9-10,13-15H2,1H3/t21-,22+/m1/s1. The molecule has 168 valence electrons. The van der Waals surface area contributed by atoms with Crippen LogP contribution in [0.4, 0.5) is 13.2 Å². The number of benzene rings is 2. The van der Waals surface area contributed by atoms with Gasteiger partial charge in [-0.3, -0.25) is 9.69 Å². The Balaban J connectivity index is 1.60. The number of rotatable bonds is 5. The largest absolute Gasteiger partial charge is 0.395 e. The van der Waals surface area contributed by atoms with Gasteiger partial charge in [0.1, 0.15) is 0 Å². The van der Waals surface area contributed by atoms with Crippen LogP contribution in [0.3, 0.4) is 0 Å². The van der Waals surface area contributed by atoms with Gasteiger partial charge in [0, 0.05) is 38.5 Å². The molecule has 2 atom stereocenters. The Kier molecular flexibility index (Phi) is 5.74. The van der Waals surface area contributed by atoms with Crippen LogP contribution in [-0.2, 0) is 4.79 Å². The number of carbonyl (C=O) groups is 1. The van der Waals surface area contributed by atoms with Crippen LogP contribution in [0.2, 0.25) is 0 Å². The third-order valence-electron chi connectivity index (χ3n) is 6.73. The molecule has 1 spiro atoms. The van der Waals surface area contributed by atoms with Gasteiger partial charge in [-0.05, 0) is 28.8 Å². The average Bonchev–Trinajstić information content (AvgIpc) is 2.71. The van der Waals surface area contributed by atoms with E-state index in [9.17, 15) is 23.1 Å². The highest BCUT2D eigenvalue weighted by molar-refractivity contribution is 5.75. The molecule has 2 fully saturated rings. The quantitative estimate of drug-likeness (QED) is 0.768. The van der Waals surface area contributed by atoms with Gasteiger partial charge in [-0.2, -0.15) is 18.4 Å². The highest BCUT2D eigenvalue weighted by atomic mass is 19.4. The number of alkyl halides is 3. The van der Waals surface area contributed by atoms with Gasteiger partial charge in [-0.1, -0.05) is 36.4 Å². The number of aliphatic hydroxyl groups excluding tert-OH is 1. The summed E-state index contributed by atoms with van der Waals surface area (Å²) in [5, 5.41) is 19.1. The molecule has 0 bridgehead atoms. The molecule has 1 N–H and O–H groups in total. The molecule has 0 saturated carbocycles. The van der Waals surface area contributed by atoms with Crippen molar-refractivity contribution in [3.8, 4) is 17.2 Å². The third-order valence-corrected chi connectivity index (χ3v) is 6.73. The summed E-state index contributed by atoms with van der Waals surface area (Å²) in [5.74, 6) is -0.277. The molecule has 2 aliphatic heterocycles. The molecule has 2 aromatic carbocycles. The Morgan fingerprint density at radius 3 is 2.44 bits per heavy atom. The molecule has 5 nitrogen and oxygen atoms in total. The molecule has 2 saturated heterocycles. The maximum Gasteiger partial charge on any atom is 0.390 e. The second-order valence-corrected chi connectivity index (χ2v) is 8.58. The van der Waals surface area contributed by atoms with E-state index in [2.05, 4.69) is 6.07 Å². The van der Waals surface area contributed by atoms with E-state index in [1.54, 1.807) is 21.9 Å². The zero-order valence-corrected chi connectivity index (χ0v) is 17.6. The summed E-state index contributed by atoms with van der Waals surface area (Å²) in [6, 6.07) is 16.7. The van der Waals surface area contributed by atoms with Crippen LogP contribution in [0.15, 0.2) is 48.5 Å². The lowest BCUT2D eigenvalue weighted by molar-refractivity contribution is -0.209. The van der Waals surface area contributed by atoms with Crippen molar-refractivity contribution in [2.24, 2.45) is 0 Å². The Bertz CT molecular complexity index is 1040. The van der Waals surface area contributed by atoms with Crippen molar-refractivity contribution in [2.45, 2.75) is 37.0 Å². The number of likely N-dealkylation sites (tertiary alicyclic amines) is 2. The van der Waals surface area contributed by atoms with Crippen LogP contribution < -0.4 is 0 Å². The molecule has 0 radical (unpaired) electrons. The fourth-order valence-electron chi connectivity index (χ4n) is 5.20. The van der Waals surface area contributed by atoms with Gasteiger partial charge in [0.05, 0.1) is 30.2 Å². The van der Waals surface area contributed by atoms with Gasteiger partial charge in [0.15, 0.2) is 0 Å². The topological polar surface area (TPSA) is 67.6 Å². The van der Waals surface area contributed by atoms with Gasteiger partial charge in [0.2, 0.25) is 5.91 Å². The maximum atomic E-state index is 12.9. The lowest BCUT2D eigenvalue weighted by atomic mass is 9.60. The molecule has 0 aromatic heterocycles. The van der Waals surface area contributed by atoms with E-state index in [4.69, 9.17) is 5.26 Å². The van der Waals surface area contributed by atoms with Crippen LogP contribution in [0.5, 0.6) is 0 Å². The zero-order chi connectivity index (χ0) is 23.1. The number of hydrogen-bond acceptors (Lipinski definition) is 4. The summed E-state index contributed by atoms with van der Waals surface area (Å²) < 4.78 is 38.7. The van der Waals surface area contributed by atoms with Crippen molar-refractivity contribution >= 4 is 5.91 Å². The van der Waals surface area contributed by atoms with E-state index in [1.807, 2.05) is 36.4 Å². The number of hydrogen-bond donors (Lipinski definition) is 1. The Morgan fingerprint density at radius 2 is 1.88 bits per heavy atom. The van der Waals surface area contributed by atoms with Gasteiger partial charge < -0.3 is 10.0 Å². The van der Waals surface area contributed by atoms with E-state index in [0.717, 1.165) is 16.7 Å². The molecule has 0 aliphatic carbocycles. The van der Waals surface area contributed by atoms with Crippen molar-refractivity contribution in [3.63, 3.8) is 0 Å². The number of nitriles is 1. The molecule has 1 amide bonds. The van der Waals surface area contributed by atoms with Crippen molar-refractivity contribution in [1.29, 1.82) is 5.26 Å². The normalized spacial score (nSPS) is 22.2. The molecule has 4 rings (SSSR count). The first kappa shape index (κ1) is 22.3. The first-order valence-corrected chi connectivity index (χ1v) is 10.5. The minimum absolute atomic E-state index is 0.106. The second kappa shape index (κ2) is 8.23. The van der Waals surface area contributed by atoms with Crippen LogP contribution in [0.1, 0.15) is 30.4 Å². The van der Waals surface area contributed by atoms with E-state index >= 15 is 0 Å². The van der Waals surface area contributed by atoms with Crippen molar-refractivity contribution in [2.75, 3.05) is 26.2 Å². The Labute approximate surface area is 184 Å². The van der Waals surface area contributed by atoms with Gasteiger partial charge in [0.25, 0.3) is 0 Å². The minimum Gasteiger partial charge on any atom is -0.395 e. The smallest absolute Gasteiger partial charge is 0.390 e. The lowest BCUT2D eigenvalue weighted by Crippen LogP contribution is -2.85. The SMILES string of the molecule is CC(=O)N1CC2(C1)[C@@H](c1ccc(-c3cccc(C#N)c3)cc1)[C@@H](CO)N2CCC(F)(F)F. The summed E-state index contributed by atoms with van der Waals surface area (Å²) in [7, 11) is 0. The van der Waals surface area contributed by atoms with E-state index < -0.39 is 24.2 Å². The van der Waals surface area contributed by atoms with E-state index in [-0.39, 0.29) is 25.0 Å². The minimum atomic E-state index is -4.28. The van der Waals surface area contributed by atoms with Crippen molar-refractivity contribution < 1.29 is 23.1 Å². The summed E-state index contributed by atoms with van der Waals surface area (Å²) in [4.78, 5) is 15.1. The molecule has 2 aliphatic rings. The van der Waals surface area contributed by atoms with Crippen LogP contribution in [0, 0.1) is 11.3 Å². The van der Waals surface area contributed by atoms with E-state index in [0.29, 0.717) is 18.7 Å². The number of amides is 1. The Hall–Kier alpha value is -2.89. The van der Waals surface area contributed by atoms with Crippen LogP contribution in [-0.4, -0.2) is 64.8 Å². The van der Waals surface area contributed by atoms with Crippen molar-refractivity contribution in [1.82, 2.24) is 9.80 Å². The first-order valence-electron chi connectivity index (χ1n) is 10.5. The fourth-order valence-corrected chi connectivity index (χ4v) is 5.20. The predicted molar refractivity (Wildman–Crippen MR) is 113 cm³/mol. The summed E-state index contributed by atoms with van der Waals surface area (Å²) in [6.45, 7) is 1.71. The predicted octanol–water partition coefficient (Wildman–Crippen LogP) is 3.54. The van der Waals surface area contributed by atoms with Crippen LogP contribution >= 0.6 is 0 Å². The Morgan fingerprint density at radius 1 is 1.19 bits per heavy atom. The van der Waals surface area contributed by atoms with Gasteiger partial charge in [-0.25, -0.2) is 0 Å². The number of aliphatic hydroxyl groups is 1. The average molecular weight is 443 g/mol. The summed E-state index contributed by atoms with van der Waals surface area (Å²) in [6.07, 6.45) is -5.23. The first-order chi connectivity index (χ1) is 15.2. The summed E-state index contributed by atoms with van der Waals surface area (Å²) in [5.41, 5.74) is 2.72. The lowest BCUT2D eigenvalue weighted by Gasteiger charge is -2.70. The van der Waals surface area contributed by atoms with Gasteiger partial charge >= 0.3 is 6.18 Å². The number of halogens is 3. The molecular weight excluding hydrogens is 419 g/mol. The summed E-state index contributed by atoms with van der Waals surface area (Å²) >= 11 is 0. The molecular formula is C24H24F3N3O2. The molecule has 2 aromatic rings. The third kappa shape index (κ3) is 3.87. The molecule has 32 heavy (non-hydrogen) atoms. The maximum absolute atomic E-state index is 12.9.